The third-order valence-electron chi connectivity index (χ3n) is 2.52. The number of carbonyl (C=O) groups is 1. The molecule has 0 aromatic rings. The first-order valence-electron chi connectivity index (χ1n) is 5.94. The van der Waals surface area contributed by atoms with Crippen LogP contribution >= 0.6 is 15.9 Å². The van der Waals surface area contributed by atoms with Crippen LogP contribution in [0, 0.1) is 17.8 Å². The summed E-state index contributed by atoms with van der Waals surface area (Å²) in [7, 11) is 0. The summed E-state index contributed by atoms with van der Waals surface area (Å²) in [5.74, 6) is 6.66. The maximum Gasteiger partial charge on any atom is 0.410 e. The Bertz CT molecular complexity index is 317. The number of hydrogen-bond donors (Lipinski definition) is 0. The van der Waals surface area contributed by atoms with Crippen LogP contribution in [0.1, 0.15) is 33.6 Å². The second-order valence-electron chi connectivity index (χ2n) is 5.20. The Hall–Kier alpha value is -0.690. The minimum Gasteiger partial charge on any atom is -0.444 e. The molecule has 17 heavy (non-hydrogen) atoms. The Balaban J connectivity index is 2.39. The SMILES string of the molecule is CC(C)(C)OC(=O)N1CCC(C#CCBr)CC1. The zero-order valence-corrected chi connectivity index (χ0v) is 12.3. The van der Waals surface area contributed by atoms with Gasteiger partial charge in [-0.1, -0.05) is 27.8 Å². The van der Waals surface area contributed by atoms with Crippen molar-refractivity contribution < 1.29 is 9.53 Å². The van der Waals surface area contributed by atoms with E-state index in [1.165, 1.54) is 0 Å². The average molecular weight is 302 g/mol. The lowest BCUT2D eigenvalue weighted by Gasteiger charge is -2.31. The Morgan fingerprint density at radius 1 is 1.41 bits per heavy atom. The van der Waals surface area contributed by atoms with Crippen molar-refractivity contribution in [3.63, 3.8) is 0 Å². The molecule has 0 atom stereocenters. The van der Waals surface area contributed by atoms with Crippen molar-refractivity contribution in [2.24, 2.45) is 5.92 Å². The monoisotopic (exact) mass is 301 g/mol. The number of halogens is 1. The lowest BCUT2D eigenvalue weighted by atomic mass is 9.98. The van der Waals surface area contributed by atoms with Crippen molar-refractivity contribution in [1.82, 2.24) is 4.90 Å². The normalized spacial score (nSPS) is 17.3. The highest BCUT2D eigenvalue weighted by molar-refractivity contribution is 9.09. The molecule has 0 aromatic heterocycles. The smallest absolute Gasteiger partial charge is 0.410 e. The second-order valence-corrected chi connectivity index (χ2v) is 5.76. The highest BCUT2D eigenvalue weighted by Crippen LogP contribution is 2.18. The number of carbonyl (C=O) groups excluding carboxylic acids is 1. The predicted octanol–water partition coefficient (Wildman–Crippen LogP) is 3.03. The van der Waals surface area contributed by atoms with Crippen molar-refractivity contribution in [2.45, 2.75) is 39.2 Å². The second kappa shape index (κ2) is 6.30. The minimum atomic E-state index is -0.413. The number of alkyl halides is 1. The van der Waals surface area contributed by atoms with Gasteiger partial charge < -0.3 is 9.64 Å². The van der Waals surface area contributed by atoms with Gasteiger partial charge in [0.2, 0.25) is 0 Å². The molecule has 1 fully saturated rings. The molecule has 0 bridgehead atoms. The van der Waals surface area contributed by atoms with Crippen LogP contribution in [-0.2, 0) is 4.74 Å². The summed E-state index contributed by atoms with van der Waals surface area (Å²) in [4.78, 5) is 13.6. The maximum atomic E-state index is 11.8. The summed E-state index contributed by atoms with van der Waals surface area (Å²) in [6.07, 6.45) is 1.68. The van der Waals surface area contributed by atoms with Crippen LogP contribution in [0.4, 0.5) is 4.79 Å². The zero-order valence-electron chi connectivity index (χ0n) is 10.8. The molecule has 0 unspecified atom stereocenters. The molecule has 1 aliphatic heterocycles. The van der Waals surface area contributed by atoms with E-state index in [1.54, 1.807) is 4.90 Å². The molecule has 0 N–H and O–H groups in total. The molecule has 0 aromatic carbocycles. The summed E-state index contributed by atoms with van der Waals surface area (Å²) >= 11 is 3.29. The van der Waals surface area contributed by atoms with Gasteiger partial charge in [-0.25, -0.2) is 4.79 Å². The Labute approximate surface area is 112 Å². The summed E-state index contributed by atoms with van der Waals surface area (Å²) in [5, 5.41) is 0.722. The summed E-state index contributed by atoms with van der Waals surface area (Å²) < 4.78 is 5.34. The van der Waals surface area contributed by atoms with Gasteiger partial charge in [-0.15, -0.1) is 0 Å². The van der Waals surface area contributed by atoms with Gasteiger partial charge >= 0.3 is 6.09 Å². The van der Waals surface area contributed by atoms with E-state index in [0.29, 0.717) is 5.92 Å². The molecule has 1 aliphatic rings. The van der Waals surface area contributed by atoms with Gasteiger partial charge in [-0.05, 0) is 33.6 Å². The van der Waals surface area contributed by atoms with E-state index < -0.39 is 5.60 Å². The van der Waals surface area contributed by atoms with Gasteiger partial charge in [0.1, 0.15) is 5.60 Å². The molecule has 1 saturated heterocycles. The highest BCUT2D eigenvalue weighted by atomic mass is 79.9. The summed E-state index contributed by atoms with van der Waals surface area (Å²) in [5.41, 5.74) is -0.413. The molecule has 0 saturated carbocycles. The molecule has 1 heterocycles. The Morgan fingerprint density at radius 2 is 2.00 bits per heavy atom. The fraction of sp³-hybridized carbons (Fsp3) is 0.769. The van der Waals surface area contributed by atoms with E-state index in [2.05, 4.69) is 27.8 Å². The van der Waals surface area contributed by atoms with Crippen LogP contribution < -0.4 is 0 Å². The zero-order chi connectivity index (χ0) is 12.9. The molecule has 0 spiro atoms. The van der Waals surface area contributed by atoms with E-state index in [9.17, 15) is 4.79 Å². The quantitative estimate of drug-likeness (QED) is 0.508. The minimum absolute atomic E-state index is 0.204. The van der Waals surface area contributed by atoms with E-state index >= 15 is 0 Å². The maximum absolute atomic E-state index is 11.8. The molecular formula is C13H20BrNO2. The number of nitrogens with zero attached hydrogens (tertiary/aromatic N) is 1. The van der Waals surface area contributed by atoms with E-state index in [-0.39, 0.29) is 6.09 Å². The molecule has 96 valence electrons. The van der Waals surface area contributed by atoms with Gasteiger partial charge in [0.25, 0.3) is 0 Å². The Kier molecular flexibility index (Phi) is 5.32. The molecule has 1 amide bonds. The number of piperidine rings is 1. The summed E-state index contributed by atoms with van der Waals surface area (Å²) in [6.45, 7) is 7.16. The first kappa shape index (κ1) is 14.4. The van der Waals surface area contributed by atoms with Crippen molar-refractivity contribution in [3.8, 4) is 11.8 Å². The molecule has 0 aliphatic carbocycles. The van der Waals surface area contributed by atoms with Gasteiger partial charge in [-0.2, -0.15) is 0 Å². The third-order valence-corrected chi connectivity index (χ3v) is 2.80. The largest absolute Gasteiger partial charge is 0.444 e. The first-order chi connectivity index (χ1) is 7.92. The lowest BCUT2D eigenvalue weighted by molar-refractivity contribution is 0.0200. The molecule has 4 heteroatoms. The lowest BCUT2D eigenvalue weighted by Crippen LogP contribution is -2.41. The van der Waals surface area contributed by atoms with Gasteiger partial charge in [-0.3, -0.25) is 0 Å². The highest BCUT2D eigenvalue weighted by Gasteiger charge is 2.25. The Morgan fingerprint density at radius 3 is 2.47 bits per heavy atom. The van der Waals surface area contributed by atoms with Gasteiger partial charge in [0.05, 0.1) is 5.33 Å². The van der Waals surface area contributed by atoms with E-state index in [4.69, 9.17) is 4.74 Å². The fourth-order valence-corrected chi connectivity index (χ4v) is 1.88. The van der Waals surface area contributed by atoms with Crippen molar-refractivity contribution in [1.29, 1.82) is 0 Å². The van der Waals surface area contributed by atoms with Crippen LogP contribution in [0.2, 0.25) is 0 Å². The third kappa shape index (κ3) is 5.45. The van der Waals surface area contributed by atoms with Crippen LogP contribution in [0.5, 0.6) is 0 Å². The van der Waals surface area contributed by atoms with Crippen LogP contribution in [-0.4, -0.2) is 35.0 Å². The molecular weight excluding hydrogens is 282 g/mol. The van der Waals surface area contributed by atoms with Gasteiger partial charge in [0.15, 0.2) is 0 Å². The number of rotatable bonds is 0. The van der Waals surface area contributed by atoms with Crippen molar-refractivity contribution >= 4 is 22.0 Å². The fourth-order valence-electron chi connectivity index (χ4n) is 1.72. The summed E-state index contributed by atoms with van der Waals surface area (Å²) in [6, 6.07) is 0. The number of likely N-dealkylation sites (tertiary alicyclic amines) is 1. The molecule has 0 radical (unpaired) electrons. The first-order valence-corrected chi connectivity index (χ1v) is 7.07. The topological polar surface area (TPSA) is 29.5 Å². The van der Waals surface area contributed by atoms with Crippen molar-refractivity contribution in [3.05, 3.63) is 0 Å². The number of amides is 1. The van der Waals surface area contributed by atoms with E-state index in [1.807, 2.05) is 20.8 Å². The predicted molar refractivity (Wildman–Crippen MR) is 72.1 cm³/mol. The van der Waals surface area contributed by atoms with Crippen LogP contribution in [0.3, 0.4) is 0 Å². The standard InChI is InChI=1S/C13H20BrNO2/c1-13(2,3)17-12(16)15-9-6-11(7-10-15)5-4-8-14/h11H,6-10H2,1-3H3. The van der Waals surface area contributed by atoms with Gasteiger partial charge in [0, 0.05) is 19.0 Å². The van der Waals surface area contributed by atoms with Crippen LogP contribution in [0.25, 0.3) is 0 Å². The molecule has 3 nitrogen and oxygen atoms in total. The number of ether oxygens (including phenoxy) is 1. The number of hydrogen-bond acceptors (Lipinski definition) is 2. The average Bonchev–Trinajstić information content (AvgIpc) is 2.24. The van der Waals surface area contributed by atoms with Crippen LogP contribution in [0.15, 0.2) is 0 Å². The van der Waals surface area contributed by atoms with E-state index in [0.717, 1.165) is 31.3 Å². The van der Waals surface area contributed by atoms with Crippen molar-refractivity contribution in [2.75, 3.05) is 18.4 Å². The molecule has 1 rings (SSSR count).